The van der Waals surface area contributed by atoms with E-state index in [1.165, 1.54) is 4.90 Å². The Morgan fingerprint density at radius 1 is 1.20 bits per heavy atom. The minimum absolute atomic E-state index is 0.0842. The molecule has 1 unspecified atom stereocenters. The second kappa shape index (κ2) is 8.28. The van der Waals surface area contributed by atoms with Gasteiger partial charge in [0.15, 0.2) is 6.10 Å². The Labute approximate surface area is 179 Å². The van der Waals surface area contributed by atoms with Gasteiger partial charge in [-0.05, 0) is 50.6 Å². The quantitative estimate of drug-likeness (QED) is 0.655. The number of aromatic nitrogens is 1. The summed E-state index contributed by atoms with van der Waals surface area (Å²) in [5.74, 6) is 0.127. The maximum absolute atomic E-state index is 13.0. The Hall–Kier alpha value is -3.19. The predicted molar refractivity (Wildman–Crippen MR) is 119 cm³/mol. The first kappa shape index (κ1) is 20.1. The van der Waals surface area contributed by atoms with Crippen LogP contribution in [0.2, 0.25) is 0 Å². The molecule has 0 spiro atoms. The molecule has 1 N–H and O–H groups in total. The van der Waals surface area contributed by atoms with Gasteiger partial charge in [0.25, 0.3) is 5.91 Å². The van der Waals surface area contributed by atoms with E-state index in [-0.39, 0.29) is 18.4 Å². The van der Waals surface area contributed by atoms with E-state index < -0.39 is 6.10 Å². The van der Waals surface area contributed by atoms with Crippen molar-refractivity contribution < 1.29 is 14.3 Å². The van der Waals surface area contributed by atoms with Crippen LogP contribution < -0.4 is 15.0 Å². The third kappa shape index (κ3) is 3.93. The van der Waals surface area contributed by atoms with Crippen molar-refractivity contribution >= 4 is 34.5 Å². The Bertz CT molecular complexity index is 1090. The summed E-state index contributed by atoms with van der Waals surface area (Å²) in [7, 11) is 0. The molecule has 0 bridgehead atoms. The van der Waals surface area contributed by atoms with Crippen molar-refractivity contribution in [2.24, 2.45) is 0 Å². The summed E-state index contributed by atoms with van der Waals surface area (Å²) in [6.45, 7) is 5.81. The van der Waals surface area contributed by atoms with E-state index in [4.69, 9.17) is 4.74 Å². The number of benzene rings is 2. The van der Waals surface area contributed by atoms with Gasteiger partial charge in [0.1, 0.15) is 12.3 Å². The molecule has 154 valence electrons. The van der Waals surface area contributed by atoms with Gasteiger partial charge in [0, 0.05) is 16.1 Å². The van der Waals surface area contributed by atoms with E-state index in [1.807, 2.05) is 69.3 Å². The predicted octanol–water partition coefficient (Wildman–Crippen LogP) is 4.57. The van der Waals surface area contributed by atoms with Gasteiger partial charge in [-0.3, -0.25) is 14.5 Å². The molecule has 30 heavy (non-hydrogen) atoms. The van der Waals surface area contributed by atoms with Gasteiger partial charge in [0.2, 0.25) is 5.91 Å². The molecule has 2 aromatic carbocycles. The number of thiazole rings is 1. The summed E-state index contributed by atoms with van der Waals surface area (Å²) in [6.07, 6.45) is -0.0718. The number of fused-ring (bicyclic) bond motifs is 1. The molecule has 1 aliphatic heterocycles. The number of carbonyl (C=O) groups excluding carboxylic acids is 2. The zero-order chi connectivity index (χ0) is 21.3. The van der Waals surface area contributed by atoms with Crippen LogP contribution in [0.25, 0.3) is 11.3 Å². The summed E-state index contributed by atoms with van der Waals surface area (Å²) in [5, 5.41) is 3.83. The van der Waals surface area contributed by atoms with Crippen LogP contribution in [0.1, 0.15) is 23.2 Å². The van der Waals surface area contributed by atoms with Crippen LogP contribution in [-0.4, -0.2) is 29.4 Å². The SMILES string of the molecule is CCC1Oc2ccc(-c3nc(C)sc3C)cc2N(CC(=O)Nc2ccccc2)C1=O. The van der Waals surface area contributed by atoms with Gasteiger partial charge in [0.05, 0.1) is 16.4 Å². The largest absolute Gasteiger partial charge is 0.478 e. The standard InChI is InChI=1S/C23H23N3O3S/c1-4-19-23(28)26(13-21(27)25-17-8-6-5-7-9-17)18-12-16(10-11-20(18)29-19)22-14(2)30-15(3)24-22/h5-12,19H,4,13H2,1-3H3,(H,25,27). The molecule has 3 aromatic rings. The smallest absolute Gasteiger partial charge is 0.268 e. The summed E-state index contributed by atoms with van der Waals surface area (Å²) < 4.78 is 5.91. The van der Waals surface area contributed by atoms with E-state index in [0.717, 1.165) is 21.1 Å². The summed E-state index contributed by atoms with van der Waals surface area (Å²) >= 11 is 1.63. The number of para-hydroxylation sites is 1. The molecule has 0 fully saturated rings. The van der Waals surface area contributed by atoms with E-state index in [2.05, 4.69) is 10.3 Å². The molecule has 1 aromatic heterocycles. The molecule has 1 aliphatic rings. The first-order valence-corrected chi connectivity index (χ1v) is 10.7. The fourth-order valence-corrected chi connectivity index (χ4v) is 4.40. The minimum atomic E-state index is -0.601. The highest BCUT2D eigenvalue weighted by Crippen LogP contribution is 2.39. The average Bonchev–Trinajstić information content (AvgIpc) is 3.08. The molecule has 2 heterocycles. The third-order valence-corrected chi connectivity index (χ3v) is 5.85. The highest BCUT2D eigenvalue weighted by molar-refractivity contribution is 7.11. The first-order chi connectivity index (χ1) is 14.5. The maximum atomic E-state index is 13.0. The molecular weight excluding hydrogens is 398 g/mol. The van der Waals surface area contributed by atoms with Crippen LogP contribution >= 0.6 is 11.3 Å². The number of rotatable bonds is 5. The highest BCUT2D eigenvalue weighted by atomic mass is 32.1. The zero-order valence-corrected chi connectivity index (χ0v) is 18.0. The van der Waals surface area contributed by atoms with Gasteiger partial charge < -0.3 is 10.1 Å². The molecule has 0 saturated carbocycles. The second-order valence-electron chi connectivity index (χ2n) is 7.17. The van der Waals surface area contributed by atoms with Crippen molar-refractivity contribution in [2.45, 2.75) is 33.3 Å². The Morgan fingerprint density at radius 2 is 1.97 bits per heavy atom. The van der Waals surface area contributed by atoms with Gasteiger partial charge in [-0.15, -0.1) is 11.3 Å². The lowest BCUT2D eigenvalue weighted by molar-refractivity contribution is -0.128. The number of nitrogens with one attached hydrogen (secondary N) is 1. The molecular formula is C23H23N3O3S. The Kier molecular flexibility index (Phi) is 5.55. The fraction of sp³-hybridized carbons (Fsp3) is 0.261. The third-order valence-electron chi connectivity index (χ3n) is 4.97. The number of hydrogen-bond acceptors (Lipinski definition) is 5. The van der Waals surface area contributed by atoms with E-state index in [1.54, 1.807) is 11.3 Å². The van der Waals surface area contributed by atoms with E-state index in [0.29, 0.717) is 23.5 Å². The number of carbonyl (C=O) groups is 2. The van der Waals surface area contributed by atoms with Crippen LogP contribution in [0.15, 0.2) is 48.5 Å². The number of ether oxygens (including phenoxy) is 1. The van der Waals surface area contributed by atoms with Crippen molar-refractivity contribution in [2.75, 3.05) is 16.8 Å². The number of amides is 2. The normalized spacial score (nSPS) is 15.5. The average molecular weight is 422 g/mol. The number of anilines is 2. The number of nitrogens with zero attached hydrogens (tertiary/aromatic N) is 2. The van der Waals surface area contributed by atoms with Crippen molar-refractivity contribution in [1.82, 2.24) is 4.98 Å². The van der Waals surface area contributed by atoms with Crippen LogP contribution in [0.3, 0.4) is 0 Å². The zero-order valence-electron chi connectivity index (χ0n) is 17.1. The molecule has 4 rings (SSSR count). The van der Waals surface area contributed by atoms with Crippen molar-refractivity contribution in [3.05, 3.63) is 58.4 Å². The van der Waals surface area contributed by atoms with Crippen molar-refractivity contribution in [1.29, 1.82) is 0 Å². The lowest BCUT2D eigenvalue weighted by atomic mass is 10.1. The lowest BCUT2D eigenvalue weighted by Crippen LogP contribution is -2.48. The topological polar surface area (TPSA) is 71.5 Å². The maximum Gasteiger partial charge on any atom is 0.268 e. The monoisotopic (exact) mass is 421 g/mol. The van der Waals surface area contributed by atoms with Crippen molar-refractivity contribution in [3.8, 4) is 17.0 Å². The van der Waals surface area contributed by atoms with Crippen LogP contribution in [-0.2, 0) is 9.59 Å². The van der Waals surface area contributed by atoms with Gasteiger partial charge >= 0.3 is 0 Å². The molecule has 1 atom stereocenters. The Balaban J connectivity index is 1.67. The lowest BCUT2D eigenvalue weighted by Gasteiger charge is -2.34. The molecule has 6 nitrogen and oxygen atoms in total. The minimum Gasteiger partial charge on any atom is -0.478 e. The van der Waals surface area contributed by atoms with Gasteiger partial charge in [-0.2, -0.15) is 0 Å². The molecule has 2 amide bonds. The van der Waals surface area contributed by atoms with E-state index >= 15 is 0 Å². The second-order valence-corrected chi connectivity index (χ2v) is 8.58. The summed E-state index contributed by atoms with van der Waals surface area (Å²) in [6, 6.07) is 14.9. The highest BCUT2D eigenvalue weighted by Gasteiger charge is 2.34. The first-order valence-electron chi connectivity index (χ1n) is 9.87. The molecule has 0 radical (unpaired) electrons. The van der Waals surface area contributed by atoms with Gasteiger partial charge in [-0.25, -0.2) is 4.98 Å². The number of aryl methyl sites for hydroxylation is 2. The van der Waals surface area contributed by atoms with Crippen molar-refractivity contribution in [3.63, 3.8) is 0 Å². The van der Waals surface area contributed by atoms with Gasteiger partial charge in [-0.1, -0.05) is 25.1 Å². The molecule has 0 saturated heterocycles. The summed E-state index contributed by atoms with van der Waals surface area (Å²) in [4.78, 5) is 33.0. The summed E-state index contributed by atoms with van der Waals surface area (Å²) in [5.41, 5.74) is 3.07. The van der Waals surface area contributed by atoms with Crippen LogP contribution in [0, 0.1) is 13.8 Å². The Morgan fingerprint density at radius 3 is 2.63 bits per heavy atom. The molecule has 0 aliphatic carbocycles. The van der Waals surface area contributed by atoms with E-state index in [9.17, 15) is 9.59 Å². The van der Waals surface area contributed by atoms with Crippen LogP contribution in [0.4, 0.5) is 11.4 Å². The fourth-order valence-electron chi connectivity index (χ4n) is 3.55. The molecule has 7 heteroatoms. The number of hydrogen-bond donors (Lipinski definition) is 1. The van der Waals surface area contributed by atoms with Crippen LogP contribution in [0.5, 0.6) is 5.75 Å².